The van der Waals surface area contributed by atoms with E-state index in [2.05, 4.69) is 5.32 Å². The van der Waals surface area contributed by atoms with E-state index < -0.39 is 11.7 Å². The van der Waals surface area contributed by atoms with E-state index >= 15 is 0 Å². The molecule has 0 spiro atoms. The van der Waals surface area contributed by atoms with Gasteiger partial charge >= 0.3 is 6.09 Å². The predicted octanol–water partition coefficient (Wildman–Crippen LogP) is 2.85. The molecule has 3 rings (SSSR count). The van der Waals surface area contributed by atoms with Crippen LogP contribution in [0, 0.1) is 11.8 Å². The number of ether oxygens (including phenoxy) is 1. The summed E-state index contributed by atoms with van der Waals surface area (Å²) in [5.74, 6) is 1.27. The monoisotopic (exact) mass is 289 g/mol. The Morgan fingerprint density at radius 3 is 2.57 bits per heavy atom. The highest BCUT2D eigenvalue weighted by molar-refractivity contribution is 5.67. The fourth-order valence-corrected chi connectivity index (χ4v) is 3.86. The van der Waals surface area contributed by atoms with Crippen molar-refractivity contribution in [1.29, 1.82) is 0 Å². The van der Waals surface area contributed by atoms with Crippen LogP contribution in [0.2, 0.25) is 0 Å². The Hall–Kier alpha value is -1.55. The third kappa shape index (κ3) is 3.76. The van der Waals surface area contributed by atoms with Crippen LogP contribution in [-0.2, 0) is 11.3 Å². The van der Waals surface area contributed by atoms with Crippen molar-refractivity contribution in [2.24, 2.45) is 11.8 Å². The van der Waals surface area contributed by atoms with Gasteiger partial charge in [-0.1, -0.05) is 43.2 Å². The van der Waals surface area contributed by atoms with Gasteiger partial charge in [0.2, 0.25) is 0 Å². The van der Waals surface area contributed by atoms with Crippen molar-refractivity contribution in [3.8, 4) is 0 Å². The fraction of sp³-hybridized carbons (Fsp3) is 0.588. The minimum absolute atomic E-state index is 0.260. The van der Waals surface area contributed by atoms with Gasteiger partial charge in [0.1, 0.15) is 6.61 Å². The first-order valence-corrected chi connectivity index (χ1v) is 7.80. The van der Waals surface area contributed by atoms with Gasteiger partial charge in [-0.05, 0) is 36.7 Å². The zero-order valence-corrected chi connectivity index (χ0v) is 12.3. The average molecular weight is 289 g/mol. The Balaban J connectivity index is 1.43. The third-order valence-corrected chi connectivity index (χ3v) is 4.76. The van der Waals surface area contributed by atoms with E-state index in [1.54, 1.807) is 0 Å². The largest absolute Gasteiger partial charge is 0.445 e. The van der Waals surface area contributed by atoms with Crippen molar-refractivity contribution in [3.63, 3.8) is 0 Å². The molecular formula is C17H23NO3. The van der Waals surface area contributed by atoms with Crippen molar-refractivity contribution in [3.05, 3.63) is 35.9 Å². The molecule has 0 radical (unpaired) electrons. The number of nitrogens with one attached hydrogen (secondary N) is 1. The molecule has 2 N–H and O–H groups in total. The number of carbonyl (C=O) groups excluding carboxylic acids is 1. The fourth-order valence-electron chi connectivity index (χ4n) is 3.86. The second-order valence-electron chi connectivity index (χ2n) is 6.59. The SMILES string of the molecule is O=C(NCC1(O)CC2CCC(C2)C1)OCc1ccccc1. The number of fused-ring (bicyclic) bond motifs is 2. The highest BCUT2D eigenvalue weighted by Gasteiger charge is 2.42. The third-order valence-electron chi connectivity index (χ3n) is 4.76. The summed E-state index contributed by atoms with van der Waals surface area (Å²) in [6.07, 6.45) is 4.87. The lowest BCUT2D eigenvalue weighted by atomic mass is 9.77. The number of alkyl carbamates (subject to hydrolysis) is 1. The summed E-state index contributed by atoms with van der Waals surface area (Å²) < 4.78 is 5.17. The van der Waals surface area contributed by atoms with E-state index in [0.717, 1.165) is 18.4 Å². The topological polar surface area (TPSA) is 58.6 Å². The summed E-state index contributed by atoms with van der Waals surface area (Å²) in [6.45, 7) is 0.559. The molecule has 0 aromatic heterocycles. The van der Waals surface area contributed by atoms with Crippen LogP contribution >= 0.6 is 0 Å². The van der Waals surface area contributed by atoms with Crippen molar-refractivity contribution < 1.29 is 14.6 Å². The van der Waals surface area contributed by atoms with Crippen molar-refractivity contribution in [1.82, 2.24) is 5.32 Å². The van der Waals surface area contributed by atoms with Gasteiger partial charge in [0.25, 0.3) is 0 Å². The van der Waals surface area contributed by atoms with Crippen LogP contribution in [0.25, 0.3) is 0 Å². The van der Waals surface area contributed by atoms with Crippen LogP contribution in [-0.4, -0.2) is 23.3 Å². The van der Waals surface area contributed by atoms with Crippen molar-refractivity contribution in [2.75, 3.05) is 6.54 Å². The molecule has 0 heterocycles. The Bertz CT molecular complexity index is 476. The second-order valence-corrected chi connectivity index (χ2v) is 6.59. The predicted molar refractivity (Wildman–Crippen MR) is 79.6 cm³/mol. The van der Waals surface area contributed by atoms with Crippen LogP contribution in [0.1, 0.15) is 37.7 Å². The number of aliphatic hydroxyl groups is 1. The van der Waals surface area contributed by atoms with Gasteiger partial charge in [-0.25, -0.2) is 4.79 Å². The van der Waals surface area contributed by atoms with Crippen molar-refractivity contribution >= 4 is 6.09 Å². The van der Waals surface area contributed by atoms with Crippen LogP contribution < -0.4 is 5.32 Å². The molecule has 1 aromatic rings. The first-order valence-electron chi connectivity index (χ1n) is 7.80. The van der Waals surface area contributed by atoms with Gasteiger partial charge < -0.3 is 15.2 Å². The zero-order chi connectivity index (χ0) is 14.7. The molecule has 0 aliphatic heterocycles. The first kappa shape index (κ1) is 14.4. The lowest BCUT2D eigenvalue weighted by Crippen LogP contribution is -2.46. The molecule has 2 aliphatic carbocycles. The van der Waals surface area contributed by atoms with E-state index in [0.29, 0.717) is 18.4 Å². The van der Waals surface area contributed by atoms with Gasteiger partial charge in [0, 0.05) is 6.54 Å². The molecule has 1 amide bonds. The van der Waals surface area contributed by atoms with Crippen LogP contribution in [0.3, 0.4) is 0 Å². The smallest absolute Gasteiger partial charge is 0.407 e. The highest BCUT2D eigenvalue weighted by atomic mass is 16.5. The maximum absolute atomic E-state index is 11.7. The normalized spacial score (nSPS) is 30.9. The minimum Gasteiger partial charge on any atom is -0.445 e. The summed E-state index contributed by atoms with van der Waals surface area (Å²) in [5.41, 5.74) is 0.220. The molecular weight excluding hydrogens is 266 g/mol. The quantitative estimate of drug-likeness (QED) is 0.896. The summed E-state index contributed by atoms with van der Waals surface area (Å²) in [7, 11) is 0. The molecule has 2 bridgehead atoms. The van der Waals surface area contributed by atoms with Crippen molar-refractivity contribution in [2.45, 2.75) is 44.3 Å². The minimum atomic E-state index is -0.740. The second kappa shape index (κ2) is 6.06. The van der Waals surface area contributed by atoms with Crippen LogP contribution in [0.5, 0.6) is 0 Å². The molecule has 114 valence electrons. The van der Waals surface area contributed by atoms with Gasteiger partial charge in [-0.15, -0.1) is 0 Å². The maximum atomic E-state index is 11.7. The van der Waals surface area contributed by atoms with E-state index in [1.807, 2.05) is 30.3 Å². The Labute approximate surface area is 125 Å². The Kier molecular flexibility index (Phi) is 4.15. The van der Waals surface area contributed by atoms with Crippen LogP contribution in [0.4, 0.5) is 4.79 Å². The summed E-state index contributed by atoms with van der Waals surface area (Å²) >= 11 is 0. The number of benzene rings is 1. The molecule has 4 nitrogen and oxygen atoms in total. The molecule has 1 aromatic carbocycles. The van der Waals surface area contributed by atoms with E-state index in [-0.39, 0.29) is 6.61 Å². The van der Waals surface area contributed by atoms with E-state index in [4.69, 9.17) is 4.74 Å². The molecule has 2 atom stereocenters. The number of hydrogen-bond acceptors (Lipinski definition) is 3. The van der Waals surface area contributed by atoms with E-state index in [1.165, 1.54) is 19.3 Å². The molecule has 2 saturated carbocycles. The molecule has 2 unspecified atom stereocenters. The lowest BCUT2D eigenvalue weighted by molar-refractivity contribution is -0.0192. The Morgan fingerprint density at radius 2 is 1.90 bits per heavy atom. The van der Waals surface area contributed by atoms with Gasteiger partial charge in [0.15, 0.2) is 0 Å². The molecule has 2 aliphatic rings. The molecule has 2 fully saturated rings. The average Bonchev–Trinajstić information content (AvgIpc) is 2.84. The van der Waals surface area contributed by atoms with Gasteiger partial charge in [0.05, 0.1) is 5.60 Å². The molecule has 4 heteroatoms. The number of rotatable bonds is 4. The highest BCUT2D eigenvalue weighted by Crippen LogP contribution is 2.46. The first-order chi connectivity index (χ1) is 10.1. The standard InChI is InChI=1S/C17H23NO3/c19-16(21-11-13-4-2-1-3-5-13)18-12-17(20)9-14-6-7-15(8-14)10-17/h1-5,14-15,20H,6-12H2,(H,18,19). The number of carbonyl (C=O) groups is 1. The zero-order valence-electron chi connectivity index (χ0n) is 12.3. The van der Waals surface area contributed by atoms with E-state index in [9.17, 15) is 9.90 Å². The summed E-state index contributed by atoms with van der Waals surface area (Å²) in [5, 5.41) is 13.3. The maximum Gasteiger partial charge on any atom is 0.407 e. The number of amides is 1. The summed E-state index contributed by atoms with van der Waals surface area (Å²) in [4.78, 5) is 11.7. The van der Waals surface area contributed by atoms with Gasteiger partial charge in [-0.2, -0.15) is 0 Å². The summed E-state index contributed by atoms with van der Waals surface area (Å²) in [6, 6.07) is 9.59. The number of hydrogen-bond donors (Lipinski definition) is 2. The molecule has 0 saturated heterocycles. The lowest BCUT2D eigenvalue weighted by Gasteiger charge is -2.36. The van der Waals surface area contributed by atoms with Gasteiger partial charge in [-0.3, -0.25) is 0 Å². The Morgan fingerprint density at radius 1 is 1.24 bits per heavy atom. The molecule has 21 heavy (non-hydrogen) atoms. The van der Waals surface area contributed by atoms with Crippen LogP contribution in [0.15, 0.2) is 30.3 Å².